The first kappa shape index (κ1) is 12.2. The van der Waals surface area contributed by atoms with Gasteiger partial charge in [0.2, 0.25) is 5.69 Å². The van der Waals surface area contributed by atoms with E-state index in [0.29, 0.717) is 8.20 Å². The van der Waals surface area contributed by atoms with Gasteiger partial charge < -0.3 is 14.6 Å². The maximum atomic E-state index is 11.2. The lowest BCUT2D eigenvalue weighted by Gasteiger charge is -2.03. The number of hydrogen-bond acceptors (Lipinski definition) is 5. The number of rotatable bonds is 5. The summed E-state index contributed by atoms with van der Waals surface area (Å²) in [4.78, 5) is 22.0. The number of esters is 1. The number of hydrogen-bond donors (Lipinski definition) is 2. The van der Waals surface area contributed by atoms with Crippen LogP contribution < -0.4 is 4.74 Å². The van der Waals surface area contributed by atoms with E-state index in [-0.39, 0.29) is 23.5 Å². The second-order valence-corrected chi connectivity index (χ2v) is 3.28. The van der Waals surface area contributed by atoms with Crippen LogP contribution in [0.25, 0.3) is 0 Å². The lowest BCUT2D eigenvalue weighted by atomic mass is 10.3. The molecule has 1 rings (SSSR count). The molecule has 0 aliphatic carbocycles. The Kier molecular flexibility index (Phi) is 4.02. The van der Waals surface area contributed by atoms with Crippen molar-refractivity contribution in [2.45, 2.75) is 0 Å². The Morgan fingerprint density at radius 3 is 2.81 bits per heavy atom. The Morgan fingerprint density at radius 2 is 2.31 bits per heavy atom. The van der Waals surface area contributed by atoms with Crippen molar-refractivity contribution in [3.8, 4) is 5.75 Å². The van der Waals surface area contributed by atoms with E-state index < -0.39 is 11.9 Å². The van der Waals surface area contributed by atoms with Gasteiger partial charge in [-0.3, -0.25) is 5.10 Å². The van der Waals surface area contributed by atoms with Gasteiger partial charge >= 0.3 is 11.9 Å². The lowest BCUT2D eigenvalue weighted by Crippen LogP contribution is -2.06. The summed E-state index contributed by atoms with van der Waals surface area (Å²) in [6.45, 7) is 0. The number of methoxy groups -OCH3 is 1. The van der Waals surface area contributed by atoms with Crippen LogP contribution in [-0.2, 0) is 4.74 Å². The molecule has 0 aliphatic rings. The standard InChI is InChI=1S/C8H9N2O5P/c1-14-8(13)5-6(15-3-16-2)4(7(11)12)9-10-5/h2-3H2,1H3,(H,9,10)(H,11,12). The van der Waals surface area contributed by atoms with Crippen LogP contribution in [0.4, 0.5) is 0 Å². The molecule has 0 atom stereocenters. The fraction of sp³-hybridized carbons (Fsp3) is 0.250. The molecular weight excluding hydrogens is 235 g/mol. The van der Waals surface area contributed by atoms with E-state index in [1.807, 2.05) is 0 Å². The third-order valence-corrected chi connectivity index (χ3v) is 1.93. The van der Waals surface area contributed by atoms with Crippen molar-refractivity contribution in [3.63, 3.8) is 0 Å². The number of carbonyl (C=O) groups excluding carboxylic acids is 1. The Labute approximate surface area is 92.2 Å². The molecule has 0 unspecified atom stereocenters. The van der Waals surface area contributed by atoms with Gasteiger partial charge in [0.15, 0.2) is 11.4 Å². The first-order valence-corrected chi connectivity index (χ1v) is 5.33. The zero-order chi connectivity index (χ0) is 12.1. The van der Waals surface area contributed by atoms with Crippen molar-refractivity contribution in [1.82, 2.24) is 10.2 Å². The van der Waals surface area contributed by atoms with Gasteiger partial charge in [-0.05, 0) is 0 Å². The molecule has 7 nitrogen and oxygen atoms in total. The maximum absolute atomic E-state index is 11.2. The van der Waals surface area contributed by atoms with Gasteiger partial charge in [-0.15, -0.1) is 0 Å². The normalized spacial score (nSPS) is 10.1. The first-order chi connectivity index (χ1) is 7.61. The molecule has 16 heavy (non-hydrogen) atoms. The number of H-pyrrole nitrogens is 1. The van der Waals surface area contributed by atoms with Crippen molar-refractivity contribution in [2.24, 2.45) is 0 Å². The molecule has 0 aliphatic heterocycles. The van der Waals surface area contributed by atoms with Gasteiger partial charge in [-0.2, -0.15) is 5.10 Å². The maximum Gasteiger partial charge on any atom is 0.360 e. The minimum absolute atomic E-state index is 0.122. The summed E-state index contributed by atoms with van der Waals surface area (Å²) >= 11 is 0. The smallest absolute Gasteiger partial charge is 0.360 e. The zero-order valence-corrected chi connectivity index (χ0v) is 9.28. The van der Waals surface area contributed by atoms with E-state index in [0.717, 1.165) is 0 Å². The number of nitrogens with one attached hydrogen (secondary N) is 1. The number of carbonyl (C=O) groups is 2. The van der Waals surface area contributed by atoms with Crippen LogP contribution in [-0.4, -0.2) is 47.0 Å². The highest BCUT2D eigenvalue weighted by Crippen LogP contribution is 2.23. The van der Waals surface area contributed by atoms with E-state index in [9.17, 15) is 9.59 Å². The highest BCUT2D eigenvalue weighted by Gasteiger charge is 2.25. The molecular formula is C8H9N2O5P. The number of aromatic carboxylic acids is 1. The number of ether oxygens (including phenoxy) is 2. The summed E-state index contributed by atoms with van der Waals surface area (Å²) in [7, 11) is 1.83. The summed E-state index contributed by atoms with van der Waals surface area (Å²) in [5, 5.41) is 14.5. The SMILES string of the molecule is C=PCOc1c(C(=O)O)n[nH]c1C(=O)OC. The molecule has 0 fully saturated rings. The van der Waals surface area contributed by atoms with E-state index in [1.54, 1.807) is 0 Å². The minimum Gasteiger partial charge on any atom is -0.480 e. The number of aromatic amines is 1. The summed E-state index contributed by atoms with van der Waals surface area (Å²) in [6, 6.07) is 0. The van der Waals surface area contributed by atoms with Gasteiger partial charge in [0.1, 0.15) is 6.35 Å². The van der Waals surface area contributed by atoms with Gasteiger partial charge in [0.25, 0.3) is 0 Å². The predicted molar refractivity (Wildman–Crippen MR) is 56.4 cm³/mol. The molecule has 0 radical (unpaired) electrons. The molecule has 2 N–H and O–H groups in total. The summed E-state index contributed by atoms with van der Waals surface area (Å²) in [6.07, 6.45) is 3.66. The third kappa shape index (κ3) is 2.38. The molecule has 1 heterocycles. The summed E-state index contributed by atoms with van der Waals surface area (Å²) in [5.41, 5.74) is -0.479. The monoisotopic (exact) mass is 244 g/mol. The van der Waals surface area contributed by atoms with Crippen molar-refractivity contribution in [1.29, 1.82) is 0 Å². The molecule has 1 aromatic rings. The molecule has 86 valence electrons. The van der Waals surface area contributed by atoms with Crippen LogP contribution in [0.2, 0.25) is 0 Å². The average Bonchev–Trinajstić information content (AvgIpc) is 2.68. The van der Waals surface area contributed by atoms with Crippen molar-refractivity contribution >= 4 is 26.4 Å². The van der Waals surface area contributed by atoms with Crippen molar-refractivity contribution in [3.05, 3.63) is 11.4 Å². The Morgan fingerprint density at radius 1 is 1.62 bits per heavy atom. The molecule has 1 aromatic heterocycles. The minimum atomic E-state index is -1.29. The second-order valence-electron chi connectivity index (χ2n) is 2.57. The van der Waals surface area contributed by atoms with E-state index in [4.69, 9.17) is 9.84 Å². The van der Waals surface area contributed by atoms with Crippen molar-refractivity contribution < 1.29 is 24.2 Å². The number of carboxylic acid groups (broad SMARTS) is 1. The largest absolute Gasteiger partial charge is 0.480 e. The van der Waals surface area contributed by atoms with Crippen LogP contribution in [0.1, 0.15) is 21.0 Å². The molecule has 0 bridgehead atoms. The van der Waals surface area contributed by atoms with Crippen LogP contribution >= 0.6 is 8.20 Å². The first-order valence-electron chi connectivity index (χ1n) is 4.07. The third-order valence-electron chi connectivity index (χ3n) is 1.61. The predicted octanol–water partition coefficient (Wildman–Crippen LogP) is 0.609. The quantitative estimate of drug-likeness (QED) is 0.581. The van der Waals surface area contributed by atoms with Gasteiger partial charge in [-0.25, -0.2) is 9.59 Å². The topological polar surface area (TPSA) is 102 Å². The highest BCUT2D eigenvalue weighted by atomic mass is 31.1. The summed E-state index contributed by atoms with van der Waals surface area (Å²) in [5.74, 6) is -2.16. The molecule has 0 aromatic carbocycles. The van der Waals surface area contributed by atoms with Crippen LogP contribution in [0.3, 0.4) is 0 Å². The number of carboxylic acids is 1. The van der Waals surface area contributed by atoms with Crippen LogP contribution in [0, 0.1) is 0 Å². The molecule has 8 heteroatoms. The molecule has 0 saturated carbocycles. The number of aromatic nitrogens is 2. The van der Waals surface area contributed by atoms with E-state index >= 15 is 0 Å². The van der Waals surface area contributed by atoms with Gasteiger partial charge in [0.05, 0.1) is 7.11 Å². The van der Waals surface area contributed by atoms with Crippen molar-refractivity contribution in [2.75, 3.05) is 13.5 Å². The summed E-state index contributed by atoms with van der Waals surface area (Å²) < 4.78 is 9.54. The number of nitrogens with zero attached hydrogens (tertiary/aromatic N) is 1. The lowest BCUT2D eigenvalue weighted by molar-refractivity contribution is 0.0590. The highest BCUT2D eigenvalue weighted by molar-refractivity contribution is 7.36. The van der Waals surface area contributed by atoms with Crippen LogP contribution in [0.5, 0.6) is 5.75 Å². The van der Waals surface area contributed by atoms with Crippen LogP contribution in [0.15, 0.2) is 0 Å². The molecule has 0 saturated heterocycles. The molecule has 0 spiro atoms. The van der Waals surface area contributed by atoms with Gasteiger partial charge in [0, 0.05) is 0 Å². The Balaban J connectivity index is 3.13. The second kappa shape index (κ2) is 5.27. The zero-order valence-electron chi connectivity index (χ0n) is 8.39. The molecule has 0 amide bonds. The van der Waals surface area contributed by atoms with E-state index in [2.05, 4.69) is 21.2 Å². The Bertz CT molecular complexity index is 428. The Hall–Kier alpha value is -1.88. The fourth-order valence-electron chi connectivity index (χ4n) is 0.968. The van der Waals surface area contributed by atoms with E-state index in [1.165, 1.54) is 7.11 Å². The van der Waals surface area contributed by atoms with Gasteiger partial charge in [-0.1, -0.05) is 14.5 Å². The average molecular weight is 244 g/mol. The fourth-order valence-corrected chi connectivity index (χ4v) is 1.19.